The topological polar surface area (TPSA) is 76.0 Å². The molecule has 2 N–H and O–H groups in total. The van der Waals surface area contributed by atoms with Gasteiger partial charge in [-0.25, -0.2) is 0 Å². The van der Waals surface area contributed by atoms with E-state index in [1.807, 2.05) is 6.08 Å². The molecule has 1 fully saturated rings. The average Bonchev–Trinajstić information content (AvgIpc) is 2.71. The highest BCUT2D eigenvalue weighted by molar-refractivity contribution is 5.70. The number of rotatable bonds is 18. The number of carboxylic acids is 1. The van der Waals surface area contributed by atoms with Crippen LogP contribution in [0.4, 0.5) is 0 Å². The summed E-state index contributed by atoms with van der Waals surface area (Å²) in [6.07, 6.45) is 15.2. The third kappa shape index (κ3) is 12.4. The fraction of sp³-hybridized carbons (Fsp3) is 0.875. The molecule has 170 valence electrons. The second-order valence-corrected chi connectivity index (χ2v) is 8.43. The van der Waals surface area contributed by atoms with Gasteiger partial charge in [0.25, 0.3) is 0 Å². The second-order valence-electron chi connectivity index (χ2n) is 8.43. The van der Waals surface area contributed by atoms with Gasteiger partial charge in [-0.1, -0.05) is 64.4 Å². The van der Waals surface area contributed by atoms with Gasteiger partial charge in [-0.15, -0.1) is 6.58 Å². The molecule has 4 unspecified atom stereocenters. The highest BCUT2D eigenvalue weighted by Crippen LogP contribution is 2.24. The Morgan fingerprint density at radius 2 is 1.83 bits per heavy atom. The van der Waals surface area contributed by atoms with Crippen molar-refractivity contribution in [2.75, 3.05) is 6.61 Å². The molecule has 0 aromatic heterocycles. The van der Waals surface area contributed by atoms with E-state index in [1.54, 1.807) is 0 Å². The van der Waals surface area contributed by atoms with Crippen LogP contribution in [0.2, 0.25) is 0 Å². The number of carbonyl (C=O) groups is 1. The van der Waals surface area contributed by atoms with E-state index < -0.39 is 18.0 Å². The van der Waals surface area contributed by atoms with Crippen LogP contribution < -0.4 is 0 Å². The molecule has 0 radical (unpaired) electrons. The number of aliphatic hydroxyl groups is 1. The van der Waals surface area contributed by atoms with Crippen LogP contribution in [0.15, 0.2) is 12.7 Å². The van der Waals surface area contributed by atoms with Crippen LogP contribution in [-0.4, -0.2) is 41.3 Å². The van der Waals surface area contributed by atoms with Crippen LogP contribution in [0.1, 0.15) is 103 Å². The fourth-order valence-corrected chi connectivity index (χ4v) is 3.99. The van der Waals surface area contributed by atoms with Crippen LogP contribution in [-0.2, 0) is 14.3 Å². The zero-order valence-corrected chi connectivity index (χ0v) is 18.5. The van der Waals surface area contributed by atoms with E-state index in [4.69, 9.17) is 9.47 Å². The Morgan fingerprint density at radius 1 is 1.14 bits per heavy atom. The first-order chi connectivity index (χ1) is 14.1. The van der Waals surface area contributed by atoms with Crippen molar-refractivity contribution < 1.29 is 24.5 Å². The number of hydrogen-bond donors (Lipinski definition) is 2. The smallest absolute Gasteiger partial charge is 0.309 e. The number of aliphatic hydroxyl groups excluding tert-OH is 1. The normalized spacial score (nSPS) is 20.1. The van der Waals surface area contributed by atoms with Gasteiger partial charge < -0.3 is 19.7 Å². The van der Waals surface area contributed by atoms with Crippen molar-refractivity contribution >= 4 is 5.97 Å². The third-order valence-electron chi connectivity index (χ3n) is 5.83. The number of unbranched alkanes of at least 4 members (excludes halogenated alkanes) is 7. The molecule has 1 aliphatic rings. The standard InChI is InChI=1S/C24H44O5/c1-3-5-7-8-9-10-11-12-16-21(24(26)27)22(25)19-20(15-6-4-2)29-23-17-13-14-18-28-23/h4,20-23,25H,2-3,5-19H2,1H3,(H,26,27). The van der Waals surface area contributed by atoms with E-state index in [-0.39, 0.29) is 12.4 Å². The van der Waals surface area contributed by atoms with Gasteiger partial charge in [0.2, 0.25) is 0 Å². The Balaban J connectivity index is 2.40. The van der Waals surface area contributed by atoms with E-state index in [0.29, 0.717) is 19.4 Å². The van der Waals surface area contributed by atoms with E-state index in [9.17, 15) is 15.0 Å². The number of allylic oxidation sites excluding steroid dienone is 1. The maximum Gasteiger partial charge on any atom is 0.309 e. The monoisotopic (exact) mass is 412 g/mol. The third-order valence-corrected chi connectivity index (χ3v) is 5.83. The highest BCUT2D eigenvalue weighted by atomic mass is 16.7. The van der Waals surface area contributed by atoms with Gasteiger partial charge in [0.15, 0.2) is 6.29 Å². The first kappa shape index (κ1) is 26.1. The van der Waals surface area contributed by atoms with Crippen molar-refractivity contribution in [2.45, 2.75) is 122 Å². The van der Waals surface area contributed by atoms with Gasteiger partial charge in [-0.05, 0) is 38.5 Å². The van der Waals surface area contributed by atoms with Gasteiger partial charge in [-0.3, -0.25) is 4.79 Å². The number of carboxylic acid groups (broad SMARTS) is 1. The molecule has 0 saturated carbocycles. The van der Waals surface area contributed by atoms with Gasteiger partial charge in [0, 0.05) is 13.0 Å². The van der Waals surface area contributed by atoms with E-state index in [0.717, 1.165) is 51.4 Å². The van der Waals surface area contributed by atoms with Crippen LogP contribution in [0.25, 0.3) is 0 Å². The maximum absolute atomic E-state index is 11.7. The molecule has 0 bridgehead atoms. The van der Waals surface area contributed by atoms with E-state index in [2.05, 4.69) is 13.5 Å². The van der Waals surface area contributed by atoms with Crippen molar-refractivity contribution in [2.24, 2.45) is 5.92 Å². The molecule has 5 heteroatoms. The molecule has 1 heterocycles. The molecule has 1 rings (SSSR count). The summed E-state index contributed by atoms with van der Waals surface area (Å²) >= 11 is 0. The zero-order chi connectivity index (χ0) is 21.3. The molecule has 4 atom stereocenters. The minimum Gasteiger partial charge on any atom is -0.481 e. The predicted molar refractivity (Wildman–Crippen MR) is 117 cm³/mol. The Bertz CT molecular complexity index is 419. The Hall–Kier alpha value is -0.910. The molecule has 1 saturated heterocycles. The number of aliphatic carboxylic acids is 1. The lowest BCUT2D eigenvalue weighted by molar-refractivity contribution is -0.195. The zero-order valence-electron chi connectivity index (χ0n) is 18.5. The predicted octanol–water partition coefficient (Wildman–Crippen LogP) is 5.85. The first-order valence-electron chi connectivity index (χ1n) is 11.9. The lowest BCUT2D eigenvalue weighted by Crippen LogP contribution is -2.35. The van der Waals surface area contributed by atoms with Gasteiger partial charge in [-0.2, -0.15) is 0 Å². The quantitative estimate of drug-likeness (QED) is 0.218. The van der Waals surface area contributed by atoms with Gasteiger partial charge >= 0.3 is 5.97 Å². The van der Waals surface area contributed by atoms with Gasteiger partial charge in [0.05, 0.1) is 18.1 Å². The molecule has 1 aliphatic heterocycles. The van der Waals surface area contributed by atoms with Crippen LogP contribution in [0, 0.1) is 5.92 Å². The summed E-state index contributed by atoms with van der Waals surface area (Å²) in [5, 5.41) is 20.3. The molecule has 5 nitrogen and oxygen atoms in total. The molecule has 0 aromatic carbocycles. The molecule has 29 heavy (non-hydrogen) atoms. The number of ether oxygens (including phenoxy) is 2. The van der Waals surface area contributed by atoms with Crippen molar-refractivity contribution in [3.8, 4) is 0 Å². The minimum absolute atomic E-state index is 0.202. The highest BCUT2D eigenvalue weighted by Gasteiger charge is 2.30. The summed E-state index contributed by atoms with van der Waals surface area (Å²) in [6, 6.07) is 0. The summed E-state index contributed by atoms with van der Waals surface area (Å²) in [5.41, 5.74) is 0. The minimum atomic E-state index is -0.906. The van der Waals surface area contributed by atoms with Gasteiger partial charge in [0.1, 0.15) is 0 Å². The van der Waals surface area contributed by atoms with Crippen molar-refractivity contribution in [1.29, 1.82) is 0 Å². The van der Waals surface area contributed by atoms with Crippen LogP contribution in [0.5, 0.6) is 0 Å². The van der Waals surface area contributed by atoms with Crippen LogP contribution in [0.3, 0.4) is 0 Å². The van der Waals surface area contributed by atoms with Crippen molar-refractivity contribution in [3.05, 3.63) is 12.7 Å². The Kier molecular flexibility index (Phi) is 15.2. The first-order valence-corrected chi connectivity index (χ1v) is 11.9. The van der Waals surface area contributed by atoms with E-state index >= 15 is 0 Å². The van der Waals surface area contributed by atoms with Crippen molar-refractivity contribution in [3.63, 3.8) is 0 Å². The second kappa shape index (κ2) is 16.8. The molecule has 0 aromatic rings. The molecule has 0 spiro atoms. The molecular weight excluding hydrogens is 368 g/mol. The fourth-order valence-electron chi connectivity index (χ4n) is 3.99. The Morgan fingerprint density at radius 3 is 2.41 bits per heavy atom. The lowest BCUT2D eigenvalue weighted by atomic mass is 9.90. The van der Waals surface area contributed by atoms with Crippen LogP contribution >= 0.6 is 0 Å². The molecule has 0 aliphatic carbocycles. The summed E-state index contributed by atoms with van der Waals surface area (Å²) in [5.74, 6) is -1.63. The SMILES string of the molecule is C=CCCC(CC(O)C(CCCCCCCCCC)C(=O)O)OC1CCCCO1. The lowest BCUT2D eigenvalue weighted by Gasteiger charge is -2.30. The molecular formula is C24H44O5. The Labute approximate surface area is 177 Å². The van der Waals surface area contributed by atoms with E-state index in [1.165, 1.54) is 32.1 Å². The average molecular weight is 413 g/mol. The summed E-state index contributed by atoms with van der Waals surface area (Å²) in [4.78, 5) is 11.7. The summed E-state index contributed by atoms with van der Waals surface area (Å²) in [6.45, 7) is 6.68. The summed E-state index contributed by atoms with van der Waals surface area (Å²) < 4.78 is 11.7. The summed E-state index contributed by atoms with van der Waals surface area (Å²) in [7, 11) is 0. The number of hydrogen-bond acceptors (Lipinski definition) is 4. The maximum atomic E-state index is 11.7. The largest absolute Gasteiger partial charge is 0.481 e. The van der Waals surface area contributed by atoms with Crippen molar-refractivity contribution in [1.82, 2.24) is 0 Å². The molecule has 0 amide bonds.